The van der Waals surface area contributed by atoms with Gasteiger partial charge >= 0.3 is 13.8 Å². The predicted molar refractivity (Wildman–Crippen MR) is 156 cm³/mol. The van der Waals surface area contributed by atoms with E-state index in [1.807, 2.05) is 0 Å². The highest BCUT2D eigenvalue weighted by Crippen LogP contribution is 2.43. The van der Waals surface area contributed by atoms with E-state index < -0.39 is 52.1 Å². The fourth-order valence-electron chi connectivity index (χ4n) is 4.14. The van der Waals surface area contributed by atoms with Gasteiger partial charge in [-0.2, -0.15) is 0 Å². The lowest BCUT2D eigenvalue weighted by Gasteiger charge is -2.21. The van der Waals surface area contributed by atoms with Crippen LogP contribution in [0.3, 0.4) is 0 Å². The molecule has 0 spiro atoms. The summed E-state index contributed by atoms with van der Waals surface area (Å²) in [5.74, 6) is -0.470. The second-order valence-corrected chi connectivity index (χ2v) is 12.1. The average molecular weight is 599 g/mol. The van der Waals surface area contributed by atoms with Crippen molar-refractivity contribution in [3.05, 3.63) is 0 Å². The summed E-state index contributed by atoms with van der Waals surface area (Å²) in [5, 5.41) is 28.2. The lowest BCUT2D eigenvalue weighted by Crippen LogP contribution is -2.30. The standard InChI is InChI=1S/C29H59O10P/c1-3-5-7-9-10-11-12-13-14-15-16-17-19-21-29(33)39-27(24-36-28(32)20-18-8-6-4-2)25-38-40(34,35)37-23-26(31)22-30/h26-28,30-32H,3-25H2,1-2H3,(H,34,35)/t26-,27+,28?/m0/s1. The molecule has 11 heteroatoms. The summed E-state index contributed by atoms with van der Waals surface area (Å²) in [5.41, 5.74) is 0. The highest BCUT2D eigenvalue weighted by atomic mass is 31.2. The van der Waals surface area contributed by atoms with E-state index in [4.69, 9.17) is 19.1 Å². The largest absolute Gasteiger partial charge is 0.472 e. The van der Waals surface area contributed by atoms with Crippen LogP contribution in [0.5, 0.6) is 0 Å². The molecule has 0 aliphatic carbocycles. The van der Waals surface area contributed by atoms with Crippen LogP contribution in [-0.4, -0.2) is 71.1 Å². The number of hydrogen-bond donors (Lipinski definition) is 4. The smallest absolute Gasteiger partial charge is 0.457 e. The highest BCUT2D eigenvalue weighted by Gasteiger charge is 2.27. The van der Waals surface area contributed by atoms with Crippen LogP contribution in [0.1, 0.15) is 136 Å². The Morgan fingerprint density at radius 2 is 1.18 bits per heavy atom. The Hall–Kier alpha value is -0.580. The van der Waals surface area contributed by atoms with Crippen LogP contribution in [0, 0.1) is 0 Å². The third-order valence-corrected chi connectivity index (χ3v) is 7.58. The monoisotopic (exact) mass is 598 g/mol. The molecular formula is C29H59O10P. The molecular weight excluding hydrogens is 539 g/mol. The molecule has 0 aromatic heterocycles. The van der Waals surface area contributed by atoms with Gasteiger partial charge in [-0.05, 0) is 19.3 Å². The van der Waals surface area contributed by atoms with Crippen molar-refractivity contribution in [2.45, 2.75) is 154 Å². The maximum atomic E-state index is 12.4. The number of unbranched alkanes of at least 4 members (excludes halogenated alkanes) is 15. The number of phosphoric acid groups is 1. The fourth-order valence-corrected chi connectivity index (χ4v) is 4.93. The summed E-state index contributed by atoms with van der Waals surface area (Å²) in [6.45, 7) is 2.40. The van der Waals surface area contributed by atoms with Crippen molar-refractivity contribution < 1.29 is 48.1 Å². The number of aliphatic hydroxyl groups excluding tert-OH is 3. The van der Waals surface area contributed by atoms with E-state index in [0.29, 0.717) is 12.8 Å². The SMILES string of the molecule is CCCCCCCCCCCCCCCC(=O)O[C@H](COC(O)CCCCCC)COP(=O)(O)OC[C@@H](O)CO. The van der Waals surface area contributed by atoms with Crippen molar-refractivity contribution in [2.75, 3.05) is 26.4 Å². The van der Waals surface area contributed by atoms with Crippen molar-refractivity contribution in [1.82, 2.24) is 0 Å². The normalized spacial score (nSPS) is 15.4. The molecule has 0 fully saturated rings. The van der Waals surface area contributed by atoms with E-state index in [1.165, 1.54) is 57.8 Å². The molecule has 0 aliphatic heterocycles. The van der Waals surface area contributed by atoms with Gasteiger partial charge < -0.3 is 29.7 Å². The lowest BCUT2D eigenvalue weighted by atomic mass is 10.0. The summed E-state index contributed by atoms with van der Waals surface area (Å²) >= 11 is 0. The number of carbonyl (C=O) groups excluding carboxylic acids is 1. The molecule has 0 rings (SSSR count). The molecule has 0 aromatic carbocycles. The molecule has 0 radical (unpaired) electrons. The summed E-state index contributed by atoms with van der Waals surface area (Å²) < 4.78 is 32.4. The third-order valence-electron chi connectivity index (χ3n) is 6.63. The quantitative estimate of drug-likeness (QED) is 0.0327. The van der Waals surface area contributed by atoms with E-state index in [2.05, 4.69) is 18.4 Å². The van der Waals surface area contributed by atoms with Crippen LogP contribution in [0.15, 0.2) is 0 Å². The number of carbonyl (C=O) groups is 1. The second kappa shape index (κ2) is 27.3. The number of esters is 1. The Morgan fingerprint density at radius 1 is 0.700 bits per heavy atom. The van der Waals surface area contributed by atoms with Gasteiger partial charge in [0.05, 0.1) is 26.4 Å². The Bertz CT molecular complexity index is 622. The number of phosphoric ester groups is 1. The van der Waals surface area contributed by atoms with Gasteiger partial charge in [-0.1, -0.05) is 110 Å². The fraction of sp³-hybridized carbons (Fsp3) is 0.966. The first-order valence-electron chi connectivity index (χ1n) is 15.6. The molecule has 2 unspecified atom stereocenters. The van der Waals surface area contributed by atoms with Crippen LogP contribution in [0.4, 0.5) is 0 Å². The number of rotatable bonds is 30. The van der Waals surface area contributed by atoms with E-state index in [-0.39, 0.29) is 13.0 Å². The van der Waals surface area contributed by atoms with Gasteiger partial charge in [0.1, 0.15) is 12.2 Å². The Kier molecular flexibility index (Phi) is 26.9. The lowest BCUT2D eigenvalue weighted by molar-refractivity contribution is -0.166. The minimum Gasteiger partial charge on any atom is -0.457 e. The Labute approximate surface area is 242 Å². The van der Waals surface area contributed by atoms with Gasteiger partial charge in [-0.3, -0.25) is 13.8 Å². The van der Waals surface area contributed by atoms with Crippen LogP contribution in [0.2, 0.25) is 0 Å². The maximum Gasteiger partial charge on any atom is 0.472 e. The molecule has 240 valence electrons. The number of hydrogen-bond acceptors (Lipinski definition) is 9. The topological polar surface area (TPSA) is 152 Å². The van der Waals surface area contributed by atoms with Gasteiger partial charge in [0.25, 0.3) is 0 Å². The molecule has 10 nitrogen and oxygen atoms in total. The van der Waals surface area contributed by atoms with Crippen LogP contribution < -0.4 is 0 Å². The summed E-state index contributed by atoms with van der Waals surface area (Å²) in [4.78, 5) is 22.2. The zero-order valence-electron chi connectivity index (χ0n) is 25.2. The predicted octanol–water partition coefficient (Wildman–Crippen LogP) is 6.17. The zero-order chi connectivity index (χ0) is 29.9. The van der Waals surface area contributed by atoms with Crippen LogP contribution >= 0.6 is 7.82 Å². The zero-order valence-corrected chi connectivity index (χ0v) is 26.1. The molecule has 0 amide bonds. The van der Waals surface area contributed by atoms with Gasteiger partial charge in [-0.15, -0.1) is 0 Å². The molecule has 0 heterocycles. The Morgan fingerprint density at radius 3 is 1.70 bits per heavy atom. The first-order chi connectivity index (χ1) is 19.2. The summed E-state index contributed by atoms with van der Waals surface area (Å²) in [7, 11) is -4.56. The van der Waals surface area contributed by atoms with Crippen molar-refractivity contribution >= 4 is 13.8 Å². The van der Waals surface area contributed by atoms with Gasteiger partial charge in [0.15, 0.2) is 6.29 Å². The maximum absolute atomic E-state index is 12.4. The molecule has 4 atom stereocenters. The molecule has 0 saturated carbocycles. The molecule has 40 heavy (non-hydrogen) atoms. The van der Waals surface area contributed by atoms with Crippen molar-refractivity contribution in [3.8, 4) is 0 Å². The van der Waals surface area contributed by atoms with E-state index in [1.54, 1.807) is 0 Å². The molecule has 0 aliphatic rings. The minimum atomic E-state index is -4.56. The van der Waals surface area contributed by atoms with Gasteiger partial charge in [-0.25, -0.2) is 4.57 Å². The molecule has 0 aromatic rings. The molecule has 4 N–H and O–H groups in total. The molecule has 0 bridgehead atoms. The van der Waals surface area contributed by atoms with E-state index in [0.717, 1.165) is 44.9 Å². The second-order valence-electron chi connectivity index (χ2n) is 10.6. The van der Waals surface area contributed by atoms with Gasteiger partial charge in [0.2, 0.25) is 0 Å². The van der Waals surface area contributed by atoms with Crippen molar-refractivity contribution in [3.63, 3.8) is 0 Å². The summed E-state index contributed by atoms with van der Waals surface area (Å²) in [6, 6.07) is 0. The van der Waals surface area contributed by atoms with Crippen LogP contribution in [0.25, 0.3) is 0 Å². The average Bonchev–Trinajstić information content (AvgIpc) is 2.93. The number of ether oxygens (including phenoxy) is 2. The highest BCUT2D eigenvalue weighted by molar-refractivity contribution is 7.47. The van der Waals surface area contributed by atoms with Crippen LogP contribution in [-0.2, 0) is 27.9 Å². The first-order valence-corrected chi connectivity index (χ1v) is 17.1. The van der Waals surface area contributed by atoms with Crippen molar-refractivity contribution in [2.24, 2.45) is 0 Å². The van der Waals surface area contributed by atoms with E-state index >= 15 is 0 Å². The number of aliphatic hydroxyl groups is 3. The van der Waals surface area contributed by atoms with E-state index in [9.17, 15) is 24.5 Å². The Balaban J connectivity index is 4.32. The third kappa shape index (κ3) is 26.3. The van der Waals surface area contributed by atoms with Gasteiger partial charge in [0, 0.05) is 6.42 Å². The minimum absolute atomic E-state index is 0.210. The summed E-state index contributed by atoms with van der Waals surface area (Å²) in [6.07, 6.45) is 16.8. The first kappa shape index (κ1) is 39.4. The molecule has 0 saturated heterocycles. The van der Waals surface area contributed by atoms with Crippen molar-refractivity contribution in [1.29, 1.82) is 0 Å².